The van der Waals surface area contributed by atoms with Gasteiger partial charge in [-0.3, -0.25) is 9.79 Å². The fourth-order valence-electron chi connectivity index (χ4n) is 3.65. The van der Waals surface area contributed by atoms with Crippen molar-refractivity contribution >= 4 is 17.0 Å². The Kier molecular flexibility index (Phi) is 7.65. The van der Waals surface area contributed by atoms with Crippen LogP contribution in [0.1, 0.15) is 30.8 Å². The molecule has 0 unspecified atom stereocenters. The fraction of sp³-hybridized carbons (Fsp3) is 0.435. The molecule has 0 fully saturated rings. The number of imidazole rings is 1. The van der Waals surface area contributed by atoms with Gasteiger partial charge in [-0.05, 0) is 51.3 Å². The number of guanidine groups is 1. The first kappa shape index (κ1) is 21.6. The molecule has 0 bridgehead atoms. The van der Waals surface area contributed by atoms with Crippen LogP contribution in [0.15, 0.2) is 52.3 Å². The number of nitrogens with zero attached hydrogens (tertiary/aromatic N) is 4. The van der Waals surface area contributed by atoms with Gasteiger partial charge in [0.05, 0.1) is 11.0 Å². The van der Waals surface area contributed by atoms with Gasteiger partial charge < -0.3 is 19.8 Å². The summed E-state index contributed by atoms with van der Waals surface area (Å²) in [5.41, 5.74) is 3.31. The van der Waals surface area contributed by atoms with Crippen LogP contribution in [-0.4, -0.2) is 40.2 Å². The van der Waals surface area contributed by atoms with Crippen LogP contribution in [0.25, 0.3) is 11.0 Å². The van der Waals surface area contributed by atoms with Crippen LogP contribution in [-0.2, 0) is 13.1 Å². The summed E-state index contributed by atoms with van der Waals surface area (Å²) in [6.45, 7) is 7.35. The van der Waals surface area contributed by atoms with Gasteiger partial charge in [0, 0.05) is 45.0 Å². The Morgan fingerprint density at radius 1 is 0.933 bits per heavy atom. The number of aromatic nitrogens is 3. The Hall–Kier alpha value is -3.09. The number of aliphatic imine (C=N–C) groups is 1. The van der Waals surface area contributed by atoms with Crippen molar-refractivity contribution in [1.82, 2.24) is 24.8 Å². The quantitative estimate of drug-likeness (QED) is 0.324. The molecular weight excluding hydrogens is 376 g/mol. The van der Waals surface area contributed by atoms with E-state index in [2.05, 4.69) is 50.3 Å². The summed E-state index contributed by atoms with van der Waals surface area (Å²) < 4.78 is 4.09. The Morgan fingerprint density at radius 3 is 2.43 bits per heavy atom. The summed E-state index contributed by atoms with van der Waals surface area (Å²) in [7, 11) is 1.79. The van der Waals surface area contributed by atoms with Gasteiger partial charge in [0.15, 0.2) is 5.96 Å². The largest absolute Gasteiger partial charge is 0.356 e. The number of unbranched alkanes of at least 4 members (excludes halogenated alkanes) is 1. The predicted molar refractivity (Wildman–Crippen MR) is 123 cm³/mol. The lowest BCUT2D eigenvalue weighted by atomic mass is 10.3. The smallest absolute Gasteiger partial charge is 0.250 e. The predicted octanol–water partition coefficient (Wildman–Crippen LogP) is 2.85. The lowest BCUT2D eigenvalue weighted by molar-refractivity contribution is 0.573. The van der Waals surface area contributed by atoms with Crippen LogP contribution >= 0.6 is 0 Å². The monoisotopic (exact) mass is 408 g/mol. The lowest BCUT2D eigenvalue weighted by Crippen LogP contribution is -2.38. The first-order chi connectivity index (χ1) is 14.6. The Bertz CT molecular complexity index is 1050. The molecule has 0 radical (unpaired) electrons. The molecule has 160 valence electrons. The van der Waals surface area contributed by atoms with E-state index < -0.39 is 0 Å². The second-order valence-electron chi connectivity index (χ2n) is 7.44. The molecular formula is C23H32N6O. The van der Waals surface area contributed by atoms with Gasteiger partial charge in [-0.1, -0.05) is 18.2 Å². The van der Waals surface area contributed by atoms with Crippen LogP contribution < -0.4 is 16.2 Å². The van der Waals surface area contributed by atoms with Gasteiger partial charge in [-0.2, -0.15) is 0 Å². The molecule has 2 heterocycles. The molecule has 7 nitrogen and oxygen atoms in total. The van der Waals surface area contributed by atoms with Crippen molar-refractivity contribution in [2.75, 3.05) is 20.1 Å². The number of para-hydroxylation sites is 2. The number of benzene rings is 1. The number of hydrogen-bond donors (Lipinski definition) is 2. The summed E-state index contributed by atoms with van der Waals surface area (Å²) in [6, 6.07) is 13.6. The zero-order valence-corrected chi connectivity index (χ0v) is 18.2. The van der Waals surface area contributed by atoms with Crippen molar-refractivity contribution in [3.8, 4) is 0 Å². The van der Waals surface area contributed by atoms with Gasteiger partial charge in [-0.25, -0.2) is 4.98 Å². The van der Waals surface area contributed by atoms with Gasteiger partial charge in [0.2, 0.25) is 0 Å². The molecule has 3 aromatic rings. The maximum absolute atomic E-state index is 11.9. The minimum atomic E-state index is 0.0707. The molecule has 2 aromatic heterocycles. The van der Waals surface area contributed by atoms with E-state index in [1.54, 1.807) is 13.1 Å². The van der Waals surface area contributed by atoms with Crippen molar-refractivity contribution in [2.45, 2.75) is 46.2 Å². The number of hydrogen-bond acceptors (Lipinski definition) is 3. The second-order valence-corrected chi connectivity index (χ2v) is 7.44. The maximum atomic E-state index is 11.9. The highest BCUT2D eigenvalue weighted by atomic mass is 16.1. The molecule has 0 aliphatic carbocycles. The first-order valence-electron chi connectivity index (χ1n) is 10.6. The van der Waals surface area contributed by atoms with Crippen LogP contribution in [0.2, 0.25) is 0 Å². The Labute approximate surface area is 177 Å². The summed E-state index contributed by atoms with van der Waals surface area (Å²) in [6.07, 6.45) is 2.90. The van der Waals surface area contributed by atoms with Crippen molar-refractivity contribution in [1.29, 1.82) is 0 Å². The van der Waals surface area contributed by atoms with E-state index >= 15 is 0 Å². The van der Waals surface area contributed by atoms with Crippen molar-refractivity contribution in [3.63, 3.8) is 0 Å². The number of fused-ring (bicyclic) bond motifs is 1. The highest BCUT2D eigenvalue weighted by Crippen LogP contribution is 2.15. The third kappa shape index (κ3) is 5.49. The molecule has 0 aliphatic heterocycles. The molecule has 0 saturated heterocycles. The third-order valence-electron chi connectivity index (χ3n) is 5.29. The Balaban J connectivity index is 1.36. The molecule has 0 spiro atoms. The summed E-state index contributed by atoms with van der Waals surface area (Å²) >= 11 is 0. The standard InChI is InChI=1S/C23H32N6O/c1-18-10-8-13-22(30)28(18)16-7-6-14-25-23(24-3)26-15-9-17-29-19(2)27-20-11-4-5-12-21(20)29/h4-5,8,10-13H,6-7,9,14-17H2,1-3H3,(H2,24,25,26). The molecule has 3 rings (SSSR count). The van der Waals surface area contributed by atoms with Gasteiger partial charge in [0.1, 0.15) is 5.82 Å². The van der Waals surface area contributed by atoms with E-state index in [-0.39, 0.29) is 5.56 Å². The zero-order chi connectivity index (χ0) is 21.3. The van der Waals surface area contributed by atoms with E-state index in [1.807, 2.05) is 29.7 Å². The van der Waals surface area contributed by atoms with E-state index in [4.69, 9.17) is 0 Å². The van der Waals surface area contributed by atoms with E-state index in [1.165, 1.54) is 5.52 Å². The molecule has 0 atom stereocenters. The van der Waals surface area contributed by atoms with Gasteiger partial charge in [-0.15, -0.1) is 0 Å². The van der Waals surface area contributed by atoms with Crippen LogP contribution in [0.3, 0.4) is 0 Å². The molecule has 0 saturated carbocycles. The number of rotatable bonds is 9. The number of aryl methyl sites for hydroxylation is 3. The van der Waals surface area contributed by atoms with Crippen LogP contribution in [0.5, 0.6) is 0 Å². The molecule has 0 aliphatic rings. The molecule has 7 heteroatoms. The van der Waals surface area contributed by atoms with E-state index in [0.29, 0.717) is 0 Å². The molecule has 1 aromatic carbocycles. The fourth-order valence-corrected chi connectivity index (χ4v) is 3.65. The summed E-state index contributed by atoms with van der Waals surface area (Å²) in [5.74, 6) is 1.86. The molecule has 2 N–H and O–H groups in total. The van der Waals surface area contributed by atoms with Gasteiger partial charge in [0.25, 0.3) is 5.56 Å². The lowest BCUT2D eigenvalue weighted by Gasteiger charge is -2.13. The minimum absolute atomic E-state index is 0.0707. The average molecular weight is 409 g/mol. The molecule has 0 amide bonds. The summed E-state index contributed by atoms with van der Waals surface area (Å²) in [5, 5.41) is 6.73. The first-order valence-corrected chi connectivity index (χ1v) is 10.6. The Morgan fingerprint density at radius 2 is 1.67 bits per heavy atom. The van der Waals surface area contributed by atoms with Crippen molar-refractivity contribution in [3.05, 3.63) is 64.3 Å². The highest BCUT2D eigenvalue weighted by Gasteiger charge is 2.06. The third-order valence-corrected chi connectivity index (χ3v) is 5.29. The van der Waals surface area contributed by atoms with E-state index in [9.17, 15) is 4.79 Å². The second kappa shape index (κ2) is 10.6. The maximum Gasteiger partial charge on any atom is 0.250 e. The number of pyridine rings is 1. The average Bonchev–Trinajstić information content (AvgIpc) is 3.06. The number of nitrogens with one attached hydrogen (secondary N) is 2. The molecule has 30 heavy (non-hydrogen) atoms. The zero-order valence-electron chi connectivity index (χ0n) is 18.2. The minimum Gasteiger partial charge on any atom is -0.356 e. The SMILES string of the molecule is CN=C(NCCCCn1c(C)cccc1=O)NCCCn1c(C)nc2ccccc21. The van der Waals surface area contributed by atoms with Crippen LogP contribution in [0, 0.1) is 13.8 Å². The topological polar surface area (TPSA) is 76.2 Å². The van der Waals surface area contributed by atoms with E-state index in [0.717, 1.165) is 68.4 Å². The summed E-state index contributed by atoms with van der Waals surface area (Å²) in [4.78, 5) is 20.8. The van der Waals surface area contributed by atoms with Crippen molar-refractivity contribution in [2.24, 2.45) is 4.99 Å². The highest BCUT2D eigenvalue weighted by molar-refractivity contribution is 5.79. The normalized spacial score (nSPS) is 11.8. The van der Waals surface area contributed by atoms with Gasteiger partial charge >= 0.3 is 0 Å². The van der Waals surface area contributed by atoms with Crippen molar-refractivity contribution < 1.29 is 0 Å². The van der Waals surface area contributed by atoms with Crippen LogP contribution in [0.4, 0.5) is 0 Å².